The number of aromatic nitrogens is 3. The molecule has 2 rings (SSSR count). The zero-order valence-electron chi connectivity index (χ0n) is 13.5. The number of methoxy groups -OCH3 is 1. The molecule has 0 atom stereocenters. The predicted octanol–water partition coefficient (Wildman–Crippen LogP) is 2.13. The van der Waals surface area contributed by atoms with Gasteiger partial charge < -0.3 is 14.6 Å². The zero-order chi connectivity index (χ0) is 15.9. The Kier molecular flexibility index (Phi) is 5.89. The number of nitrogens with zero attached hydrogens (tertiary/aromatic N) is 3. The Morgan fingerprint density at radius 2 is 2.18 bits per heavy atom. The van der Waals surface area contributed by atoms with Crippen LogP contribution in [0.4, 0.5) is 0 Å². The second-order valence-electron chi connectivity index (χ2n) is 5.25. The van der Waals surface area contributed by atoms with Crippen LogP contribution >= 0.6 is 0 Å². The van der Waals surface area contributed by atoms with Gasteiger partial charge in [0.2, 0.25) is 5.91 Å². The molecule has 0 saturated heterocycles. The van der Waals surface area contributed by atoms with E-state index >= 15 is 0 Å². The maximum atomic E-state index is 12.1. The predicted molar refractivity (Wildman–Crippen MR) is 85.3 cm³/mol. The van der Waals surface area contributed by atoms with Crippen molar-refractivity contribution < 1.29 is 9.53 Å². The summed E-state index contributed by atoms with van der Waals surface area (Å²) < 4.78 is 7.16. The van der Waals surface area contributed by atoms with E-state index in [1.807, 2.05) is 30.5 Å². The van der Waals surface area contributed by atoms with E-state index in [9.17, 15) is 4.79 Å². The molecular weight excluding hydrogens is 280 g/mol. The lowest BCUT2D eigenvalue weighted by Crippen LogP contribution is -2.30. The van der Waals surface area contributed by atoms with E-state index in [2.05, 4.69) is 15.3 Å². The first-order valence-corrected chi connectivity index (χ1v) is 7.78. The molecule has 6 heteroatoms. The van der Waals surface area contributed by atoms with Gasteiger partial charge in [-0.25, -0.2) is 9.97 Å². The van der Waals surface area contributed by atoms with Crippen LogP contribution in [-0.4, -0.2) is 34.2 Å². The molecule has 1 N–H and O–H groups in total. The van der Waals surface area contributed by atoms with Crippen molar-refractivity contribution in [3.05, 3.63) is 24.2 Å². The van der Waals surface area contributed by atoms with Gasteiger partial charge in [0.05, 0.1) is 13.2 Å². The first-order chi connectivity index (χ1) is 10.7. The number of ether oxygens (including phenoxy) is 1. The number of hydrogen-bond acceptors (Lipinski definition) is 4. The maximum absolute atomic E-state index is 12.1. The Bertz CT molecular complexity index is 620. The summed E-state index contributed by atoms with van der Waals surface area (Å²) in [6.45, 7) is 5.72. The van der Waals surface area contributed by atoms with Gasteiger partial charge in [-0.1, -0.05) is 13.8 Å². The van der Waals surface area contributed by atoms with Gasteiger partial charge in [-0.15, -0.1) is 0 Å². The molecule has 0 aliphatic heterocycles. The largest absolute Gasteiger partial charge is 0.383 e. The Morgan fingerprint density at radius 3 is 2.86 bits per heavy atom. The number of nitrogens with one attached hydrogen (secondary N) is 1. The molecule has 120 valence electrons. The number of hydrogen-bond donors (Lipinski definition) is 1. The zero-order valence-corrected chi connectivity index (χ0v) is 13.5. The average Bonchev–Trinajstić information content (AvgIpc) is 2.89. The van der Waals surface area contributed by atoms with Crippen molar-refractivity contribution in [1.29, 1.82) is 0 Å². The molecule has 2 heterocycles. The minimum Gasteiger partial charge on any atom is -0.383 e. The molecular formula is C16H24N4O2. The van der Waals surface area contributed by atoms with Crippen LogP contribution in [0.15, 0.2) is 18.3 Å². The van der Waals surface area contributed by atoms with Gasteiger partial charge in [0.25, 0.3) is 0 Å². The van der Waals surface area contributed by atoms with Crippen LogP contribution in [0.5, 0.6) is 0 Å². The lowest BCUT2D eigenvalue weighted by molar-refractivity contribution is -0.125. The Hall–Kier alpha value is -1.95. The van der Waals surface area contributed by atoms with Crippen LogP contribution < -0.4 is 5.32 Å². The fourth-order valence-corrected chi connectivity index (χ4v) is 2.53. The van der Waals surface area contributed by atoms with Crippen LogP contribution in [0.3, 0.4) is 0 Å². The van der Waals surface area contributed by atoms with Crippen LogP contribution in [0.25, 0.3) is 11.2 Å². The molecule has 0 fully saturated rings. The number of carbonyl (C=O) groups excluding carboxylic acids is 1. The lowest BCUT2D eigenvalue weighted by Gasteiger charge is -2.13. The molecule has 0 spiro atoms. The van der Waals surface area contributed by atoms with E-state index in [0.717, 1.165) is 29.8 Å². The summed E-state index contributed by atoms with van der Waals surface area (Å²) in [7, 11) is 1.67. The molecule has 1 amide bonds. The molecule has 0 unspecified atom stereocenters. The highest BCUT2D eigenvalue weighted by atomic mass is 16.5. The van der Waals surface area contributed by atoms with Gasteiger partial charge in [0, 0.05) is 25.8 Å². The van der Waals surface area contributed by atoms with Crippen LogP contribution in [-0.2, 0) is 22.6 Å². The van der Waals surface area contributed by atoms with Crippen molar-refractivity contribution in [3.63, 3.8) is 0 Å². The first-order valence-electron chi connectivity index (χ1n) is 7.78. The van der Waals surface area contributed by atoms with Gasteiger partial charge in [0.15, 0.2) is 5.65 Å². The number of imidazole rings is 1. The van der Waals surface area contributed by atoms with Crippen LogP contribution in [0.2, 0.25) is 0 Å². The van der Waals surface area contributed by atoms with Crippen molar-refractivity contribution in [3.8, 4) is 0 Å². The summed E-state index contributed by atoms with van der Waals surface area (Å²) in [5, 5.41) is 2.99. The molecule has 0 saturated carbocycles. The number of fused-ring (bicyclic) bond motifs is 1. The molecule has 0 radical (unpaired) electrons. The summed E-state index contributed by atoms with van der Waals surface area (Å²) in [5.41, 5.74) is 1.66. The average molecular weight is 304 g/mol. The van der Waals surface area contributed by atoms with Crippen LogP contribution in [0.1, 0.15) is 32.5 Å². The maximum Gasteiger partial charge on any atom is 0.223 e. The number of pyridine rings is 1. The molecule has 0 aliphatic carbocycles. The van der Waals surface area contributed by atoms with Gasteiger partial charge >= 0.3 is 0 Å². The van der Waals surface area contributed by atoms with Gasteiger partial charge in [-0.2, -0.15) is 0 Å². The quantitative estimate of drug-likeness (QED) is 0.811. The van der Waals surface area contributed by atoms with E-state index in [1.165, 1.54) is 0 Å². The van der Waals surface area contributed by atoms with Crippen molar-refractivity contribution >= 4 is 17.1 Å². The van der Waals surface area contributed by atoms with Gasteiger partial charge in [-0.3, -0.25) is 4.79 Å². The topological polar surface area (TPSA) is 69.0 Å². The lowest BCUT2D eigenvalue weighted by atomic mass is 10.0. The minimum atomic E-state index is 0.0647. The Balaban J connectivity index is 2.17. The molecule has 0 aromatic carbocycles. The SMILES string of the molecule is CCC(CC)C(=O)NCc1nc2cccnc2n1CCOC. The Morgan fingerprint density at radius 1 is 1.41 bits per heavy atom. The smallest absolute Gasteiger partial charge is 0.223 e. The molecule has 6 nitrogen and oxygen atoms in total. The third kappa shape index (κ3) is 3.62. The second-order valence-corrected chi connectivity index (χ2v) is 5.25. The van der Waals surface area contributed by atoms with Crippen LogP contribution in [0, 0.1) is 5.92 Å². The summed E-state index contributed by atoms with van der Waals surface area (Å²) in [5.74, 6) is 0.961. The standard InChI is InChI=1S/C16H24N4O2/c1-4-12(5-2)16(21)18-11-14-19-13-7-6-8-17-15(13)20(14)9-10-22-3/h6-8,12H,4-5,9-11H2,1-3H3,(H,18,21). The van der Waals surface area contributed by atoms with Gasteiger partial charge in [0.1, 0.15) is 11.3 Å². The Labute approximate surface area is 130 Å². The molecule has 22 heavy (non-hydrogen) atoms. The summed E-state index contributed by atoms with van der Waals surface area (Å²) >= 11 is 0. The van der Waals surface area contributed by atoms with E-state index in [1.54, 1.807) is 13.3 Å². The number of rotatable bonds is 8. The summed E-state index contributed by atoms with van der Waals surface area (Å²) in [4.78, 5) is 21.1. The molecule has 0 bridgehead atoms. The van der Waals surface area contributed by atoms with E-state index in [4.69, 9.17) is 4.74 Å². The number of carbonyl (C=O) groups is 1. The highest BCUT2D eigenvalue weighted by molar-refractivity contribution is 5.78. The summed E-state index contributed by atoms with van der Waals surface area (Å²) in [6, 6.07) is 3.79. The third-order valence-electron chi connectivity index (χ3n) is 3.88. The van der Waals surface area contributed by atoms with E-state index < -0.39 is 0 Å². The highest BCUT2D eigenvalue weighted by Crippen LogP contribution is 2.14. The minimum absolute atomic E-state index is 0.0647. The van der Waals surface area contributed by atoms with Crippen molar-refractivity contribution in [2.75, 3.05) is 13.7 Å². The second kappa shape index (κ2) is 7.89. The normalized spacial score (nSPS) is 11.3. The monoisotopic (exact) mass is 304 g/mol. The van der Waals surface area contributed by atoms with Crippen molar-refractivity contribution in [2.24, 2.45) is 5.92 Å². The number of amides is 1. The third-order valence-corrected chi connectivity index (χ3v) is 3.88. The fourth-order valence-electron chi connectivity index (χ4n) is 2.53. The van der Waals surface area contributed by atoms with Gasteiger partial charge in [-0.05, 0) is 25.0 Å². The first kappa shape index (κ1) is 16.4. The van der Waals surface area contributed by atoms with Crippen molar-refractivity contribution in [1.82, 2.24) is 19.9 Å². The van der Waals surface area contributed by atoms with Crippen molar-refractivity contribution in [2.45, 2.75) is 39.8 Å². The fraction of sp³-hybridized carbons (Fsp3) is 0.562. The molecule has 2 aromatic rings. The summed E-state index contributed by atoms with van der Waals surface area (Å²) in [6.07, 6.45) is 3.45. The molecule has 0 aliphatic rings. The molecule has 2 aromatic heterocycles. The van der Waals surface area contributed by atoms with E-state index in [-0.39, 0.29) is 11.8 Å². The van der Waals surface area contributed by atoms with E-state index in [0.29, 0.717) is 19.7 Å². The highest BCUT2D eigenvalue weighted by Gasteiger charge is 2.16.